The molecule has 0 saturated carbocycles. The maximum atomic E-state index is 14.3. The summed E-state index contributed by atoms with van der Waals surface area (Å²) in [5, 5.41) is 2.98. The molecule has 28 heavy (non-hydrogen) atoms. The van der Waals surface area contributed by atoms with E-state index < -0.39 is 26.6 Å². The molecule has 1 amide bonds. The topological polar surface area (TPSA) is 66.5 Å². The number of benzene rings is 2. The summed E-state index contributed by atoms with van der Waals surface area (Å²) in [6, 6.07) is 11.3. The number of nitrogens with zero attached hydrogens (tertiary/aromatic N) is 1. The summed E-state index contributed by atoms with van der Waals surface area (Å²) >= 11 is 0. The molecule has 1 aliphatic carbocycles. The molecule has 7 heteroatoms. The van der Waals surface area contributed by atoms with E-state index in [1.54, 1.807) is 13.8 Å². The summed E-state index contributed by atoms with van der Waals surface area (Å²) < 4.78 is 40.8. The summed E-state index contributed by atoms with van der Waals surface area (Å²) in [6.45, 7) is 3.84. The highest BCUT2D eigenvalue weighted by atomic mass is 32.2. The summed E-state index contributed by atoms with van der Waals surface area (Å²) in [5.41, 5.74) is 2.43. The zero-order valence-corrected chi connectivity index (χ0v) is 16.9. The van der Waals surface area contributed by atoms with Crippen LogP contribution >= 0.6 is 0 Å². The number of carbonyl (C=O) groups is 1. The molecule has 0 radical (unpaired) electrons. The van der Waals surface area contributed by atoms with Gasteiger partial charge in [-0.2, -0.15) is 4.31 Å². The highest BCUT2D eigenvalue weighted by Crippen LogP contribution is 2.30. The van der Waals surface area contributed by atoms with Crippen LogP contribution in [0.1, 0.15) is 54.2 Å². The van der Waals surface area contributed by atoms with Crippen molar-refractivity contribution in [2.75, 3.05) is 13.1 Å². The van der Waals surface area contributed by atoms with Crippen LogP contribution in [0.2, 0.25) is 0 Å². The molecule has 1 atom stereocenters. The van der Waals surface area contributed by atoms with Crippen LogP contribution in [0.3, 0.4) is 0 Å². The van der Waals surface area contributed by atoms with Crippen molar-refractivity contribution >= 4 is 15.9 Å². The van der Waals surface area contributed by atoms with Crippen LogP contribution in [-0.4, -0.2) is 31.7 Å². The molecule has 3 rings (SSSR count). The van der Waals surface area contributed by atoms with E-state index in [0.717, 1.165) is 37.0 Å². The molecule has 0 fully saturated rings. The Balaban J connectivity index is 1.88. The minimum absolute atomic E-state index is 0.134. The van der Waals surface area contributed by atoms with Crippen LogP contribution < -0.4 is 5.32 Å². The molecule has 1 unspecified atom stereocenters. The first kappa shape index (κ1) is 20.5. The molecular formula is C21H25FN2O3S. The Labute approximate surface area is 165 Å². The average Bonchev–Trinajstić information content (AvgIpc) is 2.69. The lowest BCUT2D eigenvalue weighted by molar-refractivity contribution is 0.0932. The Morgan fingerprint density at radius 2 is 1.89 bits per heavy atom. The molecule has 0 bridgehead atoms. The van der Waals surface area contributed by atoms with Gasteiger partial charge in [0.1, 0.15) is 10.7 Å². The van der Waals surface area contributed by atoms with Gasteiger partial charge in [0.2, 0.25) is 10.0 Å². The summed E-state index contributed by atoms with van der Waals surface area (Å²) in [6.07, 6.45) is 2.76. The molecular weight excluding hydrogens is 379 g/mol. The quantitative estimate of drug-likeness (QED) is 0.799. The van der Waals surface area contributed by atoms with Gasteiger partial charge in [0.15, 0.2) is 0 Å². The highest BCUT2D eigenvalue weighted by molar-refractivity contribution is 7.89. The van der Waals surface area contributed by atoms with Crippen molar-refractivity contribution in [3.63, 3.8) is 0 Å². The molecule has 1 aliphatic rings. The van der Waals surface area contributed by atoms with Gasteiger partial charge in [-0.3, -0.25) is 4.79 Å². The van der Waals surface area contributed by atoms with E-state index in [-0.39, 0.29) is 24.7 Å². The van der Waals surface area contributed by atoms with E-state index in [9.17, 15) is 17.6 Å². The third kappa shape index (κ3) is 3.95. The van der Waals surface area contributed by atoms with Crippen molar-refractivity contribution in [1.29, 1.82) is 0 Å². The van der Waals surface area contributed by atoms with Gasteiger partial charge in [0.25, 0.3) is 5.91 Å². The van der Waals surface area contributed by atoms with Crippen LogP contribution in [-0.2, 0) is 16.4 Å². The van der Waals surface area contributed by atoms with Crippen LogP contribution in [0.5, 0.6) is 0 Å². The molecule has 1 N–H and O–H groups in total. The highest BCUT2D eigenvalue weighted by Gasteiger charge is 2.27. The van der Waals surface area contributed by atoms with Crippen LogP contribution in [0, 0.1) is 5.82 Å². The standard InChI is InChI=1S/C21H25FN2O3S/c1-3-24(4-2)28(26,27)20-14-16(12-13-18(20)22)21(25)23-19-11-7-9-15-8-5-6-10-17(15)19/h5-6,8,10,12-14,19H,3-4,7,9,11H2,1-2H3,(H,23,25). The van der Waals surface area contributed by atoms with E-state index in [1.165, 1.54) is 15.9 Å². The van der Waals surface area contributed by atoms with E-state index in [1.807, 2.05) is 18.2 Å². The minimum atomic E-state index is -3.99. The fourth-order valence-corrected chi connectivity index (χ4v) is 5.24. The first-order chi connectivity index (χ1) is 13.4. The van der Waals surface area contributed by atoms with Crippen molar-refractivity contribution in [2.45, 2.75) is 44.0 Å². The largest absolute Gasteiger partial charge is 0.345 e. The Morgan fingerprint density at radius 3 is 2.61 bits per heavy atom. The number of sulfonamides is 1. The fraction of sp³-hybridized carbons (Fsp3) is 0.381. The Morgan fingerprint density at radius 1 is 1.18 bits per heavy atom. The van der Waals surface area contributed by atoms with Gasteiger partial charge >= 0.3 is 0 Å². The van der Waals surface area contributed by atoms with Crippen molar-refractivity contribution in [3.05, 3.63) is 65.0 Å². The van der Waals surface area contributed by atoms with E-state index in [0.29, 0.717) is 0 Å². The SMILES string of the molecule is CCN(CC)S(=O)(=O)c1cc(C(=O)NC2CCCc3ccccc32)ccc1F. The van der Waals surface area contributed by atoms with E-state index in [4.69, 9.17) is 0 Å². The number of halogens is 1. The second-order valence-corrected chi connectivity index (χ2v) is 8.76. The zero-order valence-electron chi connectivity index (χ0n) is 16.1. The summed E-state index contributed by atoms with van der Waals surface area (Å²) in [7, 11) is -3.99. The normalized spacial score (nSPS) is 16.6. The summed E-state index contributed by atoms with van der Waals surface area (Å²) in [4.78, 5) is 12.3. The van der Waals surface area contributed by atoms with Gasteiger partial charge in [-0.25, -0.2) is 12.8 Å². The fourth-order valence-electron chi connectivity index (χ4n) is 3.69. The number of amides is 1. The molecule has 2 aromatic rings. The summed E-state index contributed by atoms with van der Waals surface area (Å²) in [5.74, 6) is -1.26. The molecule has 5 nitrogen and oxygen atoms in total. The Bertz CT molecular complexity index is 971. The lowest BCUT2D eigenvalue weighted by Crippen LogP contribution is -2.33. The second-order valence-electron chi connectivity index (χ2n) is 6.85. The number of fused-ring (bicyclic) bond motifs is 1. The zero-order chi connectivity index (χ0) is 20.3. The first-order valence-corrected chi connectivity index (χ1v) is 11.0. The molecule has 0 spiro atoms. The average molecular weight is 405 g/mol. The number of rotatable bonds is 6. The van der Waals surface area contributed by atoms with Crippen molar-refractivity contribution < 1.29 is 17.6 Å². The third-order valence-corrected chi connectivity index (χ3v) is 7.26. The maximum absolute atomic E-state index is 14.3. The minimum Gasteiger partial charge on any atom is -0.345 e. The number of hydrogen-bond acceptors (Lipinski definition) is 3. The maximum Gasteiger partial charge on any atom is 0.251 e. The van der Waals surface area contributed by atoms with Gasteiger partial charge in [0.05, 0.1) is 6.04 Å². The molecule has 0 saturated heterocycles. The van der Waals surface area contributed by atoms with Gasteiger partial charge in [-0.05, 0) is 48.6 Å². The Kier molecular flexibility index (Phi) is 6.15. The lowest BCUT2D eigenvalue weighted by Gasteiger charge is -2.26. The number of hydrogen-bond donors (Lipinski definition) is 1. The number of nitrogens with one attached hydrogen (secondary N) is 1. The molecule has 150 valence electrons. The van der Waals surface area contributed by atoms with Gasteiger partial charge < -0.3 is 5.32 Å². The molecule has 0 heterocycles. The van der Waals surface area contributed by atoms with Crippen molar-refractivity contribution in [1.82, 2.24) is 9.62 Å². The van der Waals surface area contributed by atoms with Gasteiger partial charge in [-0.1, -0.05) is 38.1 Å². The van der Waals surface area contributed by atoms with Gasteiger partial charge in [-0.15, -0.1) is 0 Å². The Hall–Kier alpha value is -2.25. The van der Waals surface area contributed by atoms with Crippen molar-refractivity contribution in [3.8, 4) is 0 Å². The lowest BCUT2D eigenvalue weighted by atomic mass is 9.87. The third-order valence-electron chi connectivity index (χ3n) is 5.19. The second kappa shape index (κ2) is 8.41. The van der Waals surface area contributed by atoms with Crippen molar-refractivity contribution in [2.24, 2.45) is 0 Å². The first-order valence-electron chi connectivity index (χ1n) is 9.56. The molecule has 2 aromatic carbocycles. The monoisotopic (exact) mass is 404 g/mol. The van der Waals surface area contributed by atoms with Crippen LogP contribution in [0.15, 0.2) is 47.4 Å². The van der Waals surface area contributed by atoms with Crippen LogP contribution in [0.4, 0.5) is 4.39 Å². The van der Waals surface area contributed by atoms with E-state index >= 15 is 0 Å². The van der Waals surface area contributed by atoms with Crippen LogP contribution in [0.25, 0.3) is 0 Å². The smallest absolute Gasteiger partial charge is 0.251 e. The molecule has 0 aliphatic heterocycles. The predicted molar refractivity (Wildman–Crippen MR) is 106 cm³/mol. The number of aryl methyl sites for hydroxylation is 1. The predicted octanol–water partition coefficient (Wildman–Crippen LogP) is 3.66. The van der Waals surface area contributed by atoms with Gasteiger partial charge in [0, 0.05) is 18.7 Å². The number of carbonyl (C=O) groups excluding carboxylic acids is 1. The van der Waals surface area contributed by atoms with E-state index in [2.05, 4.69) is 11.4 Å². The molecule has 0 aromatic heterocycles.